The topological polar surface area (TPSA) is 44.0 Å². The Morgan fingerprint density at radius 3 is 2.33 bits per heavy atom. The van der Waals surface area contributed by atoms with E-state index in [0.717, 1.165) is 32.0 Å². The summed E-state index contributed by atoms with van der Waals surface area (Å²) in [5, 5.41) is 19.0. The van der Waals surface area contributed by atoms with Crippen LogP contribution in [0.5, 0.6) is 0 Å². The smallest absolute Gasteiger partial charge is 0.0778 e. The average molecular weight is 351 g/mol. The first-order valence-electron chi connectivity index (χ1n) is 7.60. The van der Waals surface area contributed by atoms with Crippen molar-refractivity contribution in [1.29, 1.82) is 5.26 Å². The third-order valence-electron chi connectivity index (χ3n) is 3.90. The van der Waals surface area contributed by atoms with Gasteiger partial charge >= 0.3 is 0 Å². The Morgan fingerprint density at radius 1 is 1.04 bits per heavy atom. The van der Waals surface area contributed by atoms with Crippen LogP contribution in [-0.4, -0.2) is 11.4 Å². The van der Waals surface area contributed by atoms with E-state index in [2.05, 4.69) is 48.7 Å². The Balaban J connectivity index is 2.23. The molecule has 1 heterocycles. The highest BCUT2D eigenvalue weighted by Gasteiger charge is 2.20. The van der Waals surface area contributed by atoms with Gasteiger partial charge < -0.3 is 5.11 Å². The summed E-state index contributed by atoms with van der Waals surface area (Å²) in [6, 6.07) is 20.8. The highest BCUT2D eigenvalue weighted by Crippen LogP contribution is 2.43. The van der Waals surface area contributed by atoms with Crippen LogP contribution in [0, 0.1) is 11.3 Å². The number of nitrogens with zero attached hydrogens (tertiary/aromatic N) is 1. The van der Waals surface area contributed by atoms with Crippen LogP contribution in [0.1, 0.15) is 10.4 Å². The molecule has 1 N–H and O–H groups in total. The summed E-state index contributed by atoms with van der Waals surface area (Å²) in [7, 11) is 0. The number of nitriles is 1. The lowest BCUT2D eigenvalue weighted by Crippen LogP contribution is -1.91. The minimum Gasteiger partial charge on any atom is -0.391 e. The minimum atomic E-state index is -0.0373. The van der Waals surface area contributed by atoms with Crippen molar-refractivity contribution in [2.45, 2.75) is 17.9 Å². The maximum Gasteiger partial charge on any atom is 0.0778 e. The van der Waals surface area contributed by atoms with Crippen molar-refractivity contribution in [3.8, 4) is 27.6 Å². The van der Waals surface area contributed by atoms with Gasteiger partial charge in [-0.15, -0.1) is 23.1 Å². The average Bonchev–Trinajstić information content (AvgIpc) is 3.01. The fourth-order valence-corrected chi connectivity index (χ4v) is 4.38. The molecule has 0 saturated heterocycles. The number of aliphatic hydroxyl groups excluding tert-OH is 1. The number of rotatable bonds is 5. The standard InChI is InChI=1S/C20H17NOS2/c1-23-16-9-7-14(8-10-16)19-17(11-12-21)18(13-22)24-20(19)15-5-3-2-4-6-15/h2-10,22H,11,13H2,1H3. The molecular formula is C20H17NOS2. The molecule has 3 aromatic rings. The zero-order valence-electron chi connectivity index (χ0n) is 13.3. The molecule has 4 heteroatoms. The molecule has 0 bridgehead atoms. The van der Waals surface area contributed by atoms with Crippen molar-refractivity contribution >= 4 is 23.1 Å². The maximum atomic E-state index is 9.76. The molecule has 0 saturated carbocycles. The molecule has 0 aliphatic rings. The van der Waals surface area contributed by atoms with E-state index in [0.29, 0.717) is 6.42 Å². The van der Waals surface area contributed by atoms with E-state index in [1.807, 2.05) is 18.2 Å². The first-order chi connectivity index (χ1) is 11.8. The molecule has 2 aromatic carbocycles. The van der Waals surface area contributed by atoms with Gasteiger partial charge in [0.25, 0.3) is 0 Å². The van der Waals surface area contributed by atoms with E-state index in [9.17, 15) is 10.4 Å². The van der Waals surface area contributed by atoms with E-state index in [1.54, 1.807) is 23.1 Å². The lowest BCUT2D eigenvalue weighted by molar-refractivity contribution is 0.284. The van der Waals surface area contributed by atoms with Gasteiger partial charge in [-0.25, -0.2) is 0 Å². The first-order valence-corrected chi connectivity index (χ1v) is 9.64. The van der Waals surface area contributed by atoms with E-state index < -0.39 is 0 Å². The van der Waals surface area contributed by atoms with Gasteiger partial charge in [0.15, 0.2) is 0 Å². The van der Waals surface area contributed by atoms with Crippen LogP contribution in [0.4, 0.5) is 0 Å². The summed E-state index contributed by atoms with van der Waals surface area (Å²) in [5.41, 5.74) is 4.23. The molecule has 120 valence electrons. The first kappa shape index (κ1) is 16.8. The highest BCUT2D eigenvalue weighted by molar-refractivity contribution is 7.98. The fraction of sp³-hybridized carbons (Fsp3) is 0.150. The summed E-state index contributed by atoms with van der Waals surface area (Å²) < 4.78 is 0. The molecule has 0 aliphatic heterocycles. The summed E-state index contributed by atoms with van der Waals surface area (Å²) in [6.07, 6.45) is 2.36. The van der Waals surface area contributed by atoms with Crippen molar-refractivity contribution in [2.75, 3.05) is 6.26 Å². The number of thioether (sulfide) groups is 1. The van der Waals surface area contributed by atoms with Gasteiger partial charge in [-0.05, 0) is 35.1 Å². The molecule has 0 radical (unpaired) electrons. The molecule has 0 atom stereocenters. The third kappa shape index (κ3) is 3.25. The van der Waals surface area contributed by atoms with Crippen molar-refractivity contribution in [1.82, 2.24) is 0 Å². The Labute approximate surface area is 150 Å². The number of hydrogen-bond donors (Lipinski definition) is 1. The van der Waals surface area contributed by atoms with Crippen LogP contribution in [0.15, 0.2) is 59.5 Å². The molecule has 0 fully saturated rings. The van der Waals surface area contributed by atoms with Crippen molar-refractivity contribution in [3.05, 3.63) is 65.0 Å². The second kappa shape index (κ2) is 7.67. The Kier molecular flexibility index (Phi) is 5.37. The number of hydrogen-bond acceptors (Lipinski definition) is 4. The monoisotopic (exact) mass is 351 g/mol. The van der Waals surface area contributed by atoms with Gasteiger partial charge in [0, 0.05) is 20.2 Å². The second-order valence-corrected chi connectivity index (χ2v) is 7.28. The van der Waals surface area contributed by atoms with Gasteiger partial charge in [-0.2, -0.15) is 5.26 Å². The van der Waals surface area contributed by atoms with Gasteiger partial charge in [0.2, 0.25) is 0 Å². The predicted octanol–water partition coefficient (Wildman–Crippen LogP) is 5.36. The molecule has 24 heavy (non-hydrogen) atoms. The minimum absolute atomic E-state index is 0.0373. The molecule has 0 aliphatic carbocycles. The van der Waals surface area contributed by atoms with E-state index in [4.69, 9.17) is 0 Å². The summed E-state index contributed by atoms with van der Waals surface area (Å²) >= 11 is 3.29. The van der Waals surface area contributed by atoms with Crippen molar-refractivity contribution in [3.63, 3.8) is 0 Å². The molecule has 0 spiro atoms. The zero-order chi connectivity index (χ0) is 16.9. The molecule has 0 amide bonds. The van der Waals surface area contributed by atoms with Crippen LogP contribution in [0.2, 0.25) is 0 Å². The number of aliphatic hydroxyl groups is 1. The van der Waals surface area contributed by atoms with Crippen molar-refractivity contribution in [2.24, 2.45) is 0 Å². The van der Waals surface area contributed by atoms with Crippen LogP contribution in [0.3, 0.4) is 0 Å². The zero-order valence-corrected chi connectivity index (χ0v) is 15.0. The van der Waals surface area contributed by atoms with E-state index in [-0.39, 0.29) is 6.61 Å². The second-order valence-electron chi connectivity index (χ2n) is 5.30. The highest BCUT2D eigenvalue weighted by atomic mass is 32.2. The SMILES string of the molecule is CSc1ccc(-c2c(-c3ccccc3)sc(CO)c2CC#N)cc1. The van der Waals surface area contributed by atoms with Crippen LogP contribution >= 0.6 is 23.1 Å². The van der Waals surface area contributed by atoms with Crippen LogP contribution in [0.25, 0.3) is 21.6 Å². The van der Waals surface area contributed by atoms with Crippen LogP contribution < -0.4 is 0 Å². The van der Waals surface area contributed by atoms with Gasteiger partial charge in [0.1, 0.15) is 0 Å². The Morgan fingerprint density at radius 2 is 1.75 bits per heavy atom. The molecule has 1 aromatic heterocycles. The Bertz CT molecular complexity index is 861. The van der Waals surface area contributed by atoms with Crippen LogP contribution in [-0.2, 0) is 13.0 Å². The number of benzene rings is 2. The molecular weight excluding hydrogens is 334 g/mol. The van der Waals surface area contributed by atoms with Crippen molar-refractivity contribution < 1.29 is 5.11 Å². The largest absolute Gasteiger partial charge is 0.391 e. The summed E-state index contributed by atoms with van der Waals surface area (Å²) in [5.74, 6) is 0. The van der Waals surface area contributed by atoms with Gasteiger partial charge in [-0.1, -0.05) is 42.5 Å². The Hall–Kier alpha value is -2.06. The normalized spacial score (nSPS) is 10.5. The molecule has 0 unspecified atom stereocenters. The van der Waals surface area contributed by atoms with E-state index >= 15 is 0 Å². The quantitative estimate of drug-likeness (QED) is 0.629. The third-order valence-corrected chi connectivity index (χ3v) is 5.91. The summed E-state index contributed by atoms with van der Waals surface area (Å²) in [6.45, 7) is -0.0373. The lowest BCUT2D eigenvalue weighted by atomic mass is 9.96. The lowest BCUT2D eigenvalue weighted by Gasteiger charge is -2.08. The fourth-order valence-electron chi connectivity index (χ4n) is 2.76. The predicted molar refractivity (Wildman–Crippen MR) is 102 cm³/mol. The molecule has 2 nitrogen and oxygen atoms in total. The molecule has 3 rings (SSSR count). The number of thiophene rings is 1. The van der Waals surface area contributed by atoms with E-state index in [1.165, 1.54) is 4.90 Å². The summed E-state index contributed by atoms with van der Waals surface area (Å²) in [4.78, 5) is 3.20. The maximum absolute atomic E-state index is 9.76. The van der Waals surface area contributed by atoms with Gasteiger partial charge in [0.05, 0.1) is 19.1 Å². The van der Waals surface area contributed by atoms with Gasteiger partial charge in [-0.3, -0.25) is 0 Å².